The maximum Gasteiger partial charge on any atom is 1.00 e. The van der Waals surface area contributed by atoms with E-state index in [0.717, 1.165) is 12.3 Å². The van der Waals surface area contributed by atoms with Crippen LogP contribution in [-0.2, 0) is 6.61 Å². The third-order valence-electron chi connectivity index (χ3n) is 2.54. The van der Waals surface area contributed by atoms with Crippen LogP contribution in [0.3, 0.4) is 0 Å². The maximum atomic E-state index is 12.6. The number of hydrogen-bond donors (Lipinski definition) is 0. The van der Waals surface area contributed by atoms with Gasteiger partial charge in [0.25, 0.3) is 0 Å². The molecule has 0 unspecified atom stereocenters. The second-order valence-electron chi connectivity index (χ2n) is 4.03. The monoisotopic (exact) mass is 359 g/mol. The Morgan fingerprint density at radius 1 is 1.14 bits per heavy atom. The van der Waals surface area contributed by atoms with E-state index >= 15 is 0 Å². The molecule has 1 heterocycles. The molecule has 0 N–H and O–H groups in total. The molecule has 0 bridgehead atoms. The molecule has 0 fully saturated rings. The smallest absolute Gasteiger partial charge is 0.487 e. The molecule has 0 amide bonds. The average molecular weight is 360 g/mol. The van der Waals surface area contributed by atoms with Crippen LogP contribution in [-0.4, -0.2) is 12.0 Å². The molecule has 0 aliphatic heterocycles. The van der Waals surface area contributed by atoms with Crippen LogP contribution in [0.5, 0.6) is 5.75 Å². The van der Waals surface area contributed by atoms with Gasteiger partial charge in [-0.25, -0.2) is 0 Å². The maximum absolute atomic E-state index is 12.6. The fraction of sp³-hybridized carbons (Fsp3) is 0.0833. The predicted molar refractivity (Wildman–Crippen MR) is 73.7 cm³/mol. The number of pyridine rings is 1. The van der Waals surface area contributed by atoms with Gasteiger partial charge in [0.15, 0.2) is 0 Å². The molecule has 0 saturated carbocycles. The number of halogens is 5. The Balaban J connectivity index is 0.00000220. The Morgan fingerprint density at radius 3 is 2.52 bits per heavy atom. The normalized spacial score (nSPS) is 10.9. The third kappa shape index (κ3) is 5.42. The Hall–Kier alpha value is 0.241. The van der Waals surface area contributed by atoms with Crippen molar-refractivity contribution in [1.82, 2.24) is 4.98 Å². The number of ether oxygens (including phenoxy) is 1. The van der Waals surface area contributed by atoms with E-state index in [1.165, 1.54) is 6.20 Å². The minimum Gasteiger partial charge on any atom is -0.487 e. The van der Waals surface area contributed by atoms with Crippen molar-refractivity contribution >= 4 is 35.6 Å². The first-order chi connectivity index (χ1) is 9.38. The number of rotatable bonds is 4. The van der Waals surface area contributed by atoms with Crippen LogP contribution >= 0.6 is 23.2 Å². The molecule has 2 aromatic rings. The van der Waals surface area contributed by atoms with E-state index in [1.54, 1.807) is 18.2 Å². The number of benzene rings is 1. The van der Waals surface area contributed by atoms with Gasteiger partial charge in [-0.15, -0.1) is 0 Å². The van der Waals surface area contributed by atoms with E-state index in [0.29, 0.717) is 15.6 Å². The van der Waals surface area contributed by atoms with E-state index in [4.69, 9.17) is 27.9 Å². The first-order valence-corrected chi connectivity index (χ1v) is 6.34. The molecule has 0 saturated heterocycles. The fourth-order valence-corrected chi connectivity index (χ4v) is 1.89. The van der Waals surface area contributed by atoms with Gasteiger partial charge < -0.3 is 17.7 Å². The third-order valence-corrected chi connectivity index (χ3v) is 3.40. The second kappa shape index (κ2) is 8.19. The van der Waals surface area contributed by atoms with Crippen LogP contribution in [0.15, 0.2) is 36.7 Å². The standard InChI is InChI=1S/C12H8BCl2F3NO.K/c14-11-3-1-2-8(12(11)15)7-20-10-4-9(5-19-6-10)13(16,17)18;/h1-6H,7H2;/q-1;+1. The van der Waals surface area contributed by atoms with Crippen LogP contribution < -0.4 is 61.6 Å². The Kier molecular flexibility index (Phi) is 7.53. The predicted octanol–water partition coefficient (Wildman–Crippen LogP) is 1.03. The van der Waals surface area contributed by atoms with Crippen molar-refractivity contribution in [2.75, 3.05) is 0 Å². The Labute approximate surface area is 172 Å². The Bertz CT molecular complexity index is 628. The molecule has 9 heteroatoms. The summed E-state index contributed by atoms with van der Waals surface area (Å²) in [5.41, 5.74) is -0.221. The van der Waals surface area contributed by atoms with Crippen LogP contribution in [0.4, 0.5) is 12.9 Å². The second-order valence-corrected chi connectivity index (χ2v) is 4.82. The molecule has 1 aromatic carbocycles. The van der Waals surface area contributed by atoms with E-state index in [1.807, 2.05) is 0 Å². The van der Waals surface area contributed by atoms with E-state index in [-0.39, 0.29) is 63.7 Å². The average Bonchev–Trinajstić information content (AvgIpc) is 2.40. The summed E-state index contributed by atoms with van der Waals surface area (Å²) in [5.74, 6) is 0.0257. The van der Waals surface area contributed by atoms with Gasteiger partial charge in [-0.05, 0) is 12.1 Å². The summed E-state index contributed by atoms with van der Waals surface area (Å²) >= 11 is 11.8. The molecule has 1 aromatic heterocycles. The van der Waals surface area contributed by atoms with Gasteiger partial charge in [-0.3, -0.25) is 4.98 Å². The topological polar surface area (TPSA) is 22.1 Å². The van der Waals surface area contributed by atoms with Gasteiger partial charge in [-0.1, -0.05) is 40.8 Å². The van der Waals surface area contributed by atoms with Crippen molar-refractivity contribution in [3.05, 3.63) is 52.3 Å². The molecule has 0 spiro atoms. The van der Waals surface area contributed by atoms with E-state index in [2.05, 4.69) is 4.98 Å². The van der Waals surface area contributed by atoms with E-state index < -0.39 is 12.4 Å². The summed E-state index contributed by atoms with van der Waals surface area (Å²) in [5, 5.41) is 0.677. The van der Waals surface area contributed by atoms with Gasteiger partial charge in [-0.2, -0.15) is 0 Å². The summed E-state index contributed by atoms with van der Waals surface area (Å²) in [6, 6.07) is 5.88. The fourth-order valence-electron chi connectivity index (χ4n) is 1.51. The molecular weight excluding hydrogens is 352 g/mol. The van der Waals surface area contributed by atoms with Crippen molar-refractivity contribution < 1.29 is 69.1 Å². The first-order valence-electron chi connectivity index (χ1n) is 5.58. The first kappa shape index (κ1) is 19.3. The van der Waals surface area contributed by atoms with Gasteiger partial charge in [0.1, 0.15) is 12.4 Å². The molecule has 106 valence electrons. The number of nitrogens with zero attached hydrogens (tertiary/aromatic N) is 1. The van der Waals surface area contributed by atoms with Gasteiger partial charge >= 0.3 is 58.4 Å². The summed E-state index contributed by atoms with van der Waals surface area (Å²) in [6.07, 6.45) is 1.98. The summed E-state index contributed by atoms with van der Waals surface area (Å²) in [6.45, 7) is -5.09. The van der Waals surface area contributed by atoms with Crippen molar-refractivity contribution in [2.45, 2.75) is 6.61 Å². The molecule has 0 aliphatic carbocycles. The zero-order valence-electron chi connectivity index (χ0n) is 11.0. The SMILES string of the molecule is F[B-](F)(F)c1cncc(OCc2cccc(Cl)c2Cl)c1.[K+]. The van der Waals surface area contributed by atoms with E-state index in [9.17, 15) is 12.9 Å². The van der Waals surface area contributed by atoms with Crippen molar-refractivity contribution in [2.24, 2.45) is 0 Å². The van der Waals surface area contributed by atoms with Crippen molar-refractivity contribution in [3.8, 4) is 5.75 Å². The van der Waals surface area contributed by atoms with Gasteiger partial charge in [0.2, 0.25) is 0 Å². The molecule has 21 heavy (non-hydrogen) atoms. The molecule has 0 aliphatic rings. The van der Waals surface area contributed by atoms with Crippen LogP contribution in [0.1, 0.15) is 5.56 Å². The number of aromatic nitrogens is 1. The van der Waals surface area contributed by atoms with Crippen LogP contribution in [0.25, 0.3) is 0 Å². The molecule has 0 atom stereocenters. The van der Waals surface area contributed by atoms with Gasteiger partial charge in [0.05, 0.1) is 16.2 Å². The minimum atomic E-state index is -5.10. The van der Waals surface area contributed by atoms with Gasteiger partial charge in [0, 0.05) is 11.8 Å². The summed E-state index contributed by atoms with van der Waals surface area (Å²) in [4.78, 5) is 3.51. The molecule has 0 radical (unpaired) electrons. The summed E-state index contributed by atoms with van der Waals surface area (Å²) < 4.78 is 43.0. The largest absolute Gasteiger partial charge is 1.00 e. The quantitative estimate of drug-likeness (QED) is 0.760. The zero-order chi connectivity index (χ0) is 14.8. The van der Waals surface area contributed by atoms with Crippen molar-refractivity contribution in [3.63, 3.8) is 0 Å². The van der Waals surface area contributed by atoms with Crippen molar-refractivity contribution in [1.29, 1.82) is 0 Å². The molecule has 2 rings (SSSR count). The summed E-state index contributed by atoms with van der Waals surface area (Å²) in [7, 11) is 0. The minimum absolute atomic E-state index is 0. The zero-order valence-corrected chi connectivity index (χ0v) is 15.6. The number of hydrogen-bond acceptors (Lipinski definition) is 2. The van der Waals surface area contributed by atoms with Crippen LogP contribution in [0, 0.1) is 0 Å². The molecule has 2 nitrogen and oxygen atoms in total. The molecular formula is C12H8BCl2F3KNO. The van der Waals surface area contributed by atoms with Crippen LogP contribution in [0.2, 0.25) is 10.0 Å². The Morgan fingerprint density at radius 2 is 1.86 bits per heavy atom.